The highest BCUT2D eigenvalue weighted by molar-refractivity contribution is 8.00. The lowest BCUT2D eigenvalue weighted by molar-refractivity contribution is -0.115. The number of fused-ring (bicyclic) bond motifs is 1. The summed E-state index contributed by atoms with van der Waals surface area (Å²) in [4.78, 5) is 12.6. The lowest BCUT2D eigenvalue weighted by Gasteiger charge is -2.23. The third-order valence-electron chi connectivity index (χ3n) is 4.50. The second-order valence-electron chi connectivity index (χ2n) is 6.84. The Kier molecular flexibility index (Phi) is 5.44. The number of hydrogen-bond acceptors (Lipinski definition) is 7. The van der Waals surface area contributed by atoms with Crippen LogP contribution in [0.4, 0.5) is 5.69 Å². The second-order valence-corrected chi connectivity index (χ2v) is 8.13. The third-order valence-corrected chi connectivity index (χ3v) is 5.44. The van der Waals surface area contributed by atoms with Gasteiger partial charge in [-0.1, -0.05) is 36.0 Å². The summed E-state index contributed by atoms with van der Waals surface area (Å²) in [6.07, 6.45) is -0.481. The van der Waals surface area contributed by atoms with Crippen LogP contribution in [0.15, 0.2) is 52.1 Å². The van der Waals surface area contributed by atoms with E-state index in [4.69, 9.17) is 13.9 Å². The molecule has 3 aromatic rings. The minimum absolute atomic E-state index is 0.130. The van der Waals surface area contributed by atoms with E-state index in [2.05, 4.69) is 15.5 Å². The van der Waals surface area contributed by atoms with Crippen molar-refractivity contribution in [2.75, 3.05) is 11.9 Å². The molecular weight excluding hydrogens is 390 g/mol. The van der Waals surface area contributed by atoms with Crippen LogP contribution in [-0.4, -0.2) is 28.0 Å². The number of thioether (sulfide) groups is 1. The molecule has 0 saturated heterocycles. The molecule has 0 unspecified atom stereocenters. The van der Waals surface area contributed by atoms with Crippen LogP contribution in [0, 0.1) is 13.8 Å². The fourth-order valence-corrected chi connectivity index (χ4v) is 3.54. The van der Waals surface area contributed by atoms with Gasteiger partial charge < -0.3 is 19.2 Å². The van der Waals surface area contributed by atoms with Crippen LogP contribution in [-0.2, 0) is 4.79 Å². The summed E-state index contributed by atoms with van der Waals surface area (Å²) in [6, 6.07) is 13.4. The van der Waals surface area contributed by atoms with Crippen LogP contribution >= 0.6 is 11.8 Å². The zero-order valence-electron chi connectivity index (χ0n) is 16.3. The molecule has 2 atom stereocenters. The first-order chi connectivity index (χ1) is 14.0. The number of hydrogen-bond donors (Lipinski definition) is 1. The molecule has 0 radical (unpaired) electrons. The van der Waals surface area contributed by atoms with Gasteiger partial charge in [0.1, 0.15) is 6.61 Å². The number of amides is 1. The predicted octanol–water partition coefficient (Wildman–Crippen LogP) is 4.32. The molecule has 0 fully saturated rings. The van der Waals surface area contributed by atoms with Crippen LogP contribution in [0.25, 0.3) is 0 Å². The standard InChI is InChI=1S/C21H21N3O4S/c1-12-8-9-13(2)15(10-12)22-19(25)14(3)29-21-24-23-20(28-21)18-11-26-16-6-4-5-7-17(16)27-18/h4-10,14,18H,11H2,1-3H3,(H,22,25)/t14-,18+/m1/s1. The minimum Gasteiger partial charge on any atom is -0.485 e. The average Bonchev–Trinajstić information content (AvgIpc) is 3.18. The van der Waals surface area contributed by atoms with E-state index in [0.717, 1.165) is 16.8 Å². The van der Waals surface area contributed by atoms with Crippen molar-refractivity contribution in [1.82, 2.24) is 10.2 Å². The second kappa shape index (κ2) is 8.16. The molecule has 0 saturated carbocycles. The van der Waals surface area contributed by atoms with Gasteiger partial charge in [0.2, 0.25) is 12.0 Å². The Bertz CT molecular complexity index is 1040. The van der Waals surface area contributed by atoms with Gasteiger partial charge in [-0.2, -0.15) is 0 Å². The number of aryl methyl sites for hydroxylation is 2. The summed E-state index contributed by atoms with van der Waals surface area (Å²) in [5.74, 6) is 1.52. The van der Waals surface area contributed by atoms with Crippen LogP contribution in [0.2, 0.25) is 0 Å². The number of rotatable bonds is 5. The highest BCUT2D eigenvalue weighted by Gasteiger charge is 2.28. The average molecular weight is 411 g/mol. The Morgan fingerprint density at radius 2 is 1.97 bits per heavy atom. The number of aromatic nitrogens is 2. The van der Waals surface area contributed by atoms with E-state index >= 15 is 0 Å². The van der Waals surface area contributed by atoms with E-state index in [9.17, 15) is 4.79 Å². The van der Waals surface area contributed by atoms with E-state index in [-0.39, 0.29) is 12.5 Å². The molecule has 1 aliphatic rings. The summed E-state index contributed by atoms with van der Waals surface area (Å²) in [5, 5.41) is 11.0. The lowest BCUT2D eigenvalue weighted by Crippen LogP contribution is -2.23. The van der Waals surface area contributed by atoms with E-state index in [1.807, 2.05) is 56.3 Å². The van der Waals surface area contributed by atoms with Crippen molar-refractivity contribution in [3.63, 3.8) is 0 Å². The summed E-state index contributed by atoms with van der Waals surface area (Å²) in [7, 11) is 0. The highest BCUT2D eigenvalue weighted by atomic mass is 32.2. The molecule has 2 heterocycles. The van der Waals surface area contributed by atoms with E-state index in [1.54, 1.807) is 6.92 Å². The molecule has 150 valence electrons. The Balaban J connectivity index is 1.38. The Labute approximate surface area is 172 Å². The van der Waals surface area contributed by atoms with Gasteiger partial charge in [0.05, 0.1) is 5.25 Å². The highest BCUT2D eigenvalue weighted by Crippen LogP contribution is 2.36. The normalized spacial score (nSPS) is 16.3. The maximum absolute atomic E-state index is 12.6. The number of ether oxygens (including phenoxy) is 2. The Morgan fingerprint density at radius 3 is 2.79 bits per heavy atom. The van der Waals surface area contributed by atoms with Gasteiger partial charge >= 0.3 is 0 Å². The van der Waals surface area contributed by atoms with Gasteiger partial charge in [-0.3, -0.25) is 4.79 Å². The van der Waals surface area contributed by atoms with Gasteiger partial charge in [0, 0.05) is 5.69 Å². The van der Waals surface area contributed by atoms with Gasteiger partial charge in [-0.25, -0.2) is 0 Å². The molecule has 29 heavy (non-hydrogen) atoms. The summed E-state index contributed by atoms with van der Waals surface area (Å²) in [5.41, 5.74) is 2.90. The number of carbonyl (C=O) groups is 1. The molecule has 2 aromatic carbocycles. The molecule has 0 aliphatic carbocycles. The fraction of sp³-hybridized carbons (Fsp3) is 0.286. The molecular formula is C21H21N3O4S. The first-order valence-electron chi connectivity index (χ1n) is 9.26. The smallest absolute Gasteiger partial charge is 0.277 e. The lowest BCUT2D eigenvalue weighted by atomic mass is 10.1. The molecule has 7 nitrogen and oxygen atoms in total. The fourth-order valence-electron chi connectivity index (χ4n) is 2.85. The molecule has 1 N–H and O–H groups in total. The van der Waals surface area contributed by atoms with Crippen LogP contribution < -0.4 is 14.8 Å². The van der Waals surface area contributed by atoms with Crippen molar-refractivity contribution in [1.29, 1.82) is 0 Å². The van der Waals surface area contributed by atoms with Crippen molar-refractivity contribution < 1.29 is 18.7 Å². The minimum atomic E-state index is -0.481. The topological polar surface area (TPSA) is 86.5 Å². The maximum atomic E-state index is 12.6. The Morgan fingerprint density at radius 1 is 1.17 bits per heavy atom. The zero-order valence-corrected chi connectivity index (χ0v) is 17.2. The molecule has 0 bridgehead atoms. The van der Waals surface area contributed by atoms with Crippen molar-refractivity contribution in [2.45, 2.75) is 37.3 Å². The number of anilines is 1. The van der Waals surface area contributed by atoms with Gasteiger partial charge in [0.15, 0.2) is 11.5 Å². The largest absolute Gasteiger partial charge is 0.485 e. The summed E-state index contributed by atoms with van der Waals surface area (Å²) in [6.45, 7) is 6.03. The summed E-state index contributed by atoms with van der Waals surface area (Å²) < 4.78 is 17.3. The Hall–Kier alpha value is -3.00. The van der Waals surface area contributed by atoms with Gasteiger partial charge in [0.25, 0.3) is 11.1 Å². The molecule has 4 rings (SSSR count). The van der Waals surface area contributed by atoms with Gasteiger partial charge in [-0.05, 0) is 50.1 Å². The van der Waals surface area contributed by atoms with Gasteiger partial charge in [-0.15, -0.1) is 10.2 Å². The van der Waals surface area contributed by atoms with Crippen molar-refractivity contribution in [3.05, 3.63) is 59.5 Å². The number of para-hydroxylation sites is 2. The first-order valence-corrected chi connectivity index (χ1v) is 10.1. The third kappa shape index (κ3) is 4.37. The number of nitrogens with one attached hydrogen (secondary N) is 1. The van der Waals surface area contributed by atoms with E-state index in [1.165, 1.54) is 11.8 Å². The SMILES string of the molecule is Cc1ccc(C)c(NC(=O)[C@@H](C)Sc2nnc([C@@H]3COc4ccccc4O3)o2)c1. The van der Waals surface area contributed by atoms with Crippen molar-refractivity contribution >= 4 is 23.4 Å². The molecule has 1 aromatic heterocycles. The van der Waals surface area contributed by atoms with Crippen LogP contribution in [0.1, 0.15) is 30.0 Å². The maximum Gasteiger partial charge on any atom is 0.277 e. The van der Waals surface area contributed by atoms with Crippen molar-refractivity contribution in [2.24, 2.45) is 0 Å². The number of nitrogens with zero attached hydrogens (tertiary/aromatic N) is 2. The monoisotopic (exact) mass is 411 g/mol. The van der Waals surface area contributed by atoms with Crippen molar-refractivity contribution in [3.8, 4) is 11.5 Å². The summed E-state index contributed by atoms with van der Waals surface area (Å²) >= 11 is 1.20. The predicted molar refractivity (Wildman–Crippen MR) is 109 cm³/mol. The van der Waals surface area contributed by atoms with E-state index < -0.39 is 11.4 Å². The zero-order chi connectivity index (χ0) is 20.4. The molecule has 1 amide bonds. The van der Waals surface area contributed by atoms with Crippen LogP contribution in [0.3, 0.4) is 0 Å². The number of benzene rings is 2. The molecule has 8 heteroatoms. The van der Waals surface area contributed by atoms with Crippen LogP contribution in [0.5, 0.6) is 11.5 Å². The number of carbonyl (C=O) groups excluding carboxylic acids is 1. The van der Waals surface area contributed by atoms with E-state index in [0.29, 0.717) is 22.6 Å². The quantitative estimate of drug-likeness (QED) is 0.626. The molecule has 1 aliphatic heterocycles. The molecule has 0 spiro atoms. The first kappa shape index (κ1) is 19.3.